The summed E-state index contributed by atoms with van der Waals surface area (Å²) in [5.74, 6) is 2.10. The molecule has 0 atom stereocenters. The minimum atomic E-state index is 0.138. The molecule has 3 heterocycles. The molecule has 1 aliphatic carbocycles. The first-order valence-electron chi connectivity index (χ1n) is 10.5. The summed E-state index contributed by atoms with van der Waals surface area (Å²) in [7, 11) is 0. The Labute approximate surface area is 170 Å². The lowest BCUT2D eigenvalue weighted by atomic mass is 10.0. The molecule has 2 aromatic heterocycles. The van der Waals surface area contributed by atoms with Crippen LogP contribution in [0.5, 0.6) is 0 Å². The van der Waals surface area contributed by atoms with Gasteiger partial charge in [-0.15, -0.1) is 0 Å². The molecule has 2 fully saturated rings. The van der Waals surface area contributed by atoms with E-state index in [1.54, 1.807) is 12.5 Å². The zero-order valence-electron chi connectivity index (χ0n) is 16.5. The van der Waals surface area contributed by atoms with Crippen LogP contribution in [-0.2, 0) is 11.3 Å². The number of benzene rings is 1. The van der Waals surface area contributed by atoms with Crippen LogP contribution in [0.1, 0.15) is 37.3 Å². The van der Waals surface area contributed by atoms with Crippen LogP contribution < -0.4 is 5.32 Å². The van der Waals surface area contributed by atoms with E-state index in [2.05, 4.69) is 39.6 Å². The molecule has 6 nitrogen and oxygen atoms in total. The highest BCUT2D eigenvalue weighted by atomic mass is 16.3. The molecule has 1 aliphatic heterocycles. The third-order valence-corrected chi connectivity index (χ3v) is 5.97. The second-order valence-corrected chi connectivity index (χ2v) is 8.07. The molecule has 150 valence electrons. The van der Waals surface area contributed by atoms with Gasteiger partial charge in [0, 0.05) is 37.2 Å². The number of piperidine rings is 1. The molecule has 1 saturated heterocycles. The Bertz CT molecular complexity index is 966. The van der Waals surface area contributed by atoms with Crippen molar-refractivity contribution < 1.29 is 9.21 Å². The predicted molar refractivity (Wildman–Crippen MR) is 111 cm³/mol. The number of hydrogen-bond acceptors (Lipinski definition) is 4. The number of nitrogens with one attached hydrogen (secondary N) is 1. The highest BCUT2D eigenvalue weighted by Crippen LogP contribution is 2.32. The van der Waals surface area contributed by atoms with E-state index in [1.807, 2.05) is 22.9 Å². The fraction of sp³-hybridized carbons (Fsp3) is 0.391. The summed E-state index contributed by atoms with van der Waals surface area (Å²) in [6.45, 7) is 2.92. The smallest absolute Gasteiger partial charge is 0.228 e. The SMILES string of the molecule is O=C(Nc1ccnn1C1CCN(Cc2ccccc2-c2ccco2)CC1)C1CC1. The van der Waals surface area contributed by atoms with Gasteiger partial charge in [0.05, 0.1) is 18.5 Å². The number of nitrogens with zero attached hydrogens (tertiary/aromatic N) is 3. The molecule has 1 saturated carbocycles. The van der Waals surface area contributed by atoms with E-state index in [0.717, 1.165) is 62.5 Å². The largest absolute Gasteiger partial charge is 0.464 e. The first-order valence-corrected chi connectivity index (χ1v) is 10.5. The first kappa shape index (κ1) is 18.2. The summed E-state index contributed by atoms with van der Waals surface area (Å²) in [6.07, 6.45) is 7.58. The summed E-state index contributed by atoms with van der Waals surface area (Å²) >= 11 is 0. The predicted octanol–water partition coefficient (Wildman–Crippen LogP) is 4.33. The van der Waals surface area contributed by atoms with Crippen molar-refractivity contribution in [2.45, 2.75) is 38.3 Å². The van der Waals surface area contributed by atoms with Crippen LogP contribution in [-0.4, -0.2) is 33.7 Å². The van der Waals surface area contributed by atoms with Crippen molar-refractivity contribution in [2.24, 2.45) is 5.92 Å². The van der Waals surface area contributed by atoms with Crippen LogP contribution in [0.4, 0.5) is 5.82 Å². The van der Waals surface area contributed by atoms with Crippen LogP contribution in [0.2, 0.25) is 0 Å². The van der Waals surface area contributed by atoms with Gasteiger partial charge < -0.3 is 9.73 Å². The lowest BCUT2D eigenvalue weighted by Crippen LogP contribution is -2.35. The van der Waals surface area contributed by atoms with Gasteiger partial charge in [0.2, 0.25) is 5.91 Å². The van der Waals surface area contributed by atoms with Gasteiger partial charge >= 0.3 is 0 Å². The highest BCUT2D eigenvalue weighted by molar-refractivity contribution is 5.93. The van der Waals surface area contributed by atoms with Crippen molar-refractivity contribution in [3.05, 3.63) is 60.5 Å². The van der Waals surface area contributed by atoms with Crippen molar-refractivity contribution in [1.82, 2.24) is 14.7 Å². The Hall–Kier alpha value is -2.86. The van der Waals surface area contributed by atoms with Crippen molar-refractivity contribution in [3.8, 4) is 11.3 Å². The molecule has 0 spiro atoms. The van der Waals surface area contributed by atoms with Crippen LogP contribution in [0, 0.1) is 5.92 Å². The highest BCUT2D eigenvalue weighted by Gasteiger charge is 2.31. The third-order valence-electron chi connectivity index (χ3n) is 5.97. The number of carbonyl (C=O) groups excluding carboxylic acids is 1. The number of anilines is 1. The minimum absolute atomic E-state index is 0.138. The number of furan rings is 1. The van der Waals surface area contributed by atoms with Gasteiger partial charge in [-0.05, 0) is 43.4 Å². The summed E-state index contributed by atoms with van der Waals surface area (Å²) in [4.78, 5) is 14.6. The van der Waals surface area contributed by atoms with E-state index in [9.17, 15) is 4.79 Å². The second kappa shape index (κ2) is 7.87. The summed E-state index contributed by atoms with van der Waals surface area (Å²) in [5, 5.41) is 7.56. The zero-order chi connectivity index (χ0) is 19.6. The van der Waals surface area contributed by atoms with Gasteiger partial charge in [-0.3, -0.25) is 9.69 Å². The summed E-state index contributed by atoms with van der Waals surface area (Å²) in [6, 6.07) is 14.6. The number of rotatable bonds is 6. The zero-order valence-corrected chi connectivity index (χ0v) is 16.5. The molecule has 0 unspecified atom stereocenters. The lowest BCUT2D eigenvalue weighted by Gasteiger charge is -2.33. The van der Waals surface area contributed by atoms with E-state index in [0.29, 0.717) is 6.04 Å². The molecule has 6 heteroatoms. The lowest BCUT2D eigenvalue weighted by molar-refractivity contribution is -0.117. The van der Waals surface area contributed by atoms with Gasteiger partial charge in [-0.2, -0.15) is 5.10 Å². The molecular formula is C23H26N4O2. The van der Waals surface area contributed by atoms with Crippen molar-refractivity contribution in [2.75, 3.05) is 18.4 Å². The minimum Gasteiger partial charge on any atom is -0.464 e. The molecule has 1 N–H and O–H groups in total. The molecule has 29 heavy (non-hydrogen) atoms. The van der Waals surface area contributed by atoms with E-state index >= 15 is 0 Å². The summed E-state index contributed by atoms with van der Waals surface area (Å²) in [5.41, 5.74) is 2.45. The van der Waals surface area contributed by atoms with E-state index < -0.39 is 0 Å². The number of likely N-dealkylation sites (tertiary alicyclic amines) is 1. The number of carbonyl (C=O) groups is 1. The molecule has 1 amide bonds. The molecule has 5 rings (SSSR count). The quantitative estimate of drug-likeness (QED) is 0.680. The average molecular weight is 390 g/mol. The maximum Gasteiger partial charge on any atom is 0.228 e. The van der Waals surface area contributed by atoms with E-state index in [1.165, 1.54) is 5.56 Å². The van der Waals surface area contributed by atoms with Gasteiger partial charge in [-0.25, -0.2) is 4.68 Å². The Balaban J connectivity index is 1.22. The van der Waals surface area contributed by atoms with Gasteiger partial charge in [-0.1, -0.05) is 24.3 Å². The standard InChI is InChI=1S/C23H26N4O2/c28-23(17-7-8-17)25-22-9-12-24-27(22)19-10-13-26(14-11-19)16-18-4-1-2-5-20(18)21-6-3-15-29-21/h1-6,9,12,15,17,19H,7-8,10-11,13-14,16H2,(H,25,28). The Morgan fingerprint density at radius 3 is 2.66 bits per heavy atom. The van der Waals surface area contributed by atoms with Crippen molar-refractivity contribution in [3.63, 3.8) is 0 Å². The fourth-order valence-corrected chi connectivity index (χ4v) is 4.17. The second-order valence-electron chi connectivity index (χ2n) is 8.07. The molecule has 0 radical (unpaired) electrons. The van der Waals surface area contributed by atoms with Crippen LogP contribution in [0.3, 0.4) is 0 Å². The average Bonchev–Trinajstić information content (AvgIpc) is 3.27. The van der Waals surface area contributed by atoms with Gasteiger partial charge in [0.1, 0.15) is 11.6 Å². The number of hydrogen-bond donors (Lipinski definition) is 1. The Morgan fingerprint density at radius 2 is 1.90 bits per heavy atom. The number of amides is 1. The molecule has 2 aliphatic rings. The summed E-state index contributed by atoms with van der Waals surface area (Å²) < 4.78 is 7.63. The van der Waals surface area contributed by atoms with Crippen LogP contribution in [0.15, 0.2) is 59.3 Å². The van der Waals surface area contributed by atoms with Crippen molar-refractivity contribution >= 4 is 11.7 Å². The van der Waals surface area contributed by atoms with E-state index in [-0.39, 0.29) is 11.8 Å². The van der Waals surface area contributed by atoms with Crippen molar-refractivity contribution in [1.29, 1.82) is 0 Å². The number of aromatic nitrogens is 2. The molecule has 3 aromatic rings. The molecular weight excluding hydrogens is 364 g/mol. The fourth-order valence-electron chi connectivity index (χ4n) is 4.17. The maximum atomic E-state index is 12.1. The monoisotopic (exact) mass is 390 g/mol. The third kappa shape index (κ3) is 3.98. The van der Waals surface area contributed by atoms with Crippen LogP contribution >= 0.6 is 0 Å². The Morgan fingerprint density at radius 1 is 1.07 bits per heavy atom. The molecule has 0 bridgehead atoms. The normalized spacial score (nSPS) is 18.1. The Kier molecular flexibility index (Phi) is 4.94. The van der Waals surface area contributed by atoms with Crippen LogP contribution in [0.25, 0.3) is 11.3 Å². The van der Waals surface area contributed by atoms with E-state index in [4.69, 9.17) is 4.42 Å². The molecule has 1 aromatic carbocycles. The topological polar surface area (TPSA) is 63.3 Å². The van der Waals surface area contributed by atoms with Gasteiger partial charge in [0.15, 0.2) is 0 Å². The maximum absolute atomic E-state index is 12.1. The first-order chi connectivity index (χ1) is 14.3. The van der Waals surface area contributed by atoms with Gasteiger partial charge in [0.25, 0.3) is 0 Å².